The van der Waals surface area contributed by atoms with Gasteiger partial charge in [-0.3, -0.25) is 0 Å². The van der Waals surface area contributed by atoms with E-state index in [0.29, 0.717) is 5.39 Å². The summed E-state index contributed by atoms with van der Waals surface area (Å²) in [7, 11) is 0. The Labute approximate surface area is 216 Å². The van der Waals surface area contributed by atoms with Gasteiger partial charge < -0.3 is 0 Å². The summed E-state index contributed by atoms with van der Waals surface area (Å²) in [6, 6.07) is 27.4. The third kappa shape index (κ3) is 7.08. The van der Waals surface area contributed by atoms with Crippen LogP contribution in [0.1, 0.15) is 79.3 Å². The second-order valence-electron chi connectivity index (χ2n) is 9.80. The number of unbranched alkanes of at least 4 members (excludes halogenated alkanes) is 3. The Bertz CT molecular complexity index is 1320. The number of fused-ring (bicyclic) bond motifs is 1. The summed E-state index contributed by atoms with van der Waals surface area (Å²) < 4.78 is 14.8. The molecular weight excluding hydrogens is 439 g/mol. The van der Waals surface area contributed by atoms with Crippen LogP contribution in [0.2, 0.25) is 0 Å². The predicted molar refractivity (Wildman–Crippen MR) is 152 cm³/mol. The average Bonchev–Trinajstić information content (AvgIpc) is 2.92. The highest BCUT2D eigenvalue weighted by Gasteiger charge is 2.07. The summed E-state index contributed by atoms with van der Waals surface area (Å²) in [5.41, 5.74) is 6.88. The lowest BCUT2D eigenvalue weighted by molar-refractivity contribution is 0.614. The van der Waals surface area contributed by atoms with Crippen molar-refractivity contribution in [2.75, 3.05) is 0 Å². The maximum Gasteiger partial charge on any atom is 0.134 e. The molecule has 0 spiro atoms. The molecule has 36 heavy (non-hydrogen) atoms. The summed E-state index contributed by atoms with van der Waals surface area (Å²) in [5, 5.41) is 1.59. The third-order valence-electron chi connectivity index (χ3n) is 6.93. The van der Waals surface area contributed by atoms with Crippen LogP contribution in [0.4, 0.5) is 4.39 Å². The Morgan fingerprint density at radius 2 is 1.14 bits per heavy atom. The first-order valence-electron chi connectivity index (χ1n) is 13.6. The molecule has 0 radical (unpaired) electrons. The second-order valence-corrected chi connectivity index (χ2v) is 9.80. The second kappa shape index (κ2) is 13.1. The lowest BCUT2D eigenvalue weighted by Gasteiger charge is -2.06. The first-order valence-corrected chi connectivity index (χ1v) is 13.6. The van der Waals surface area contributed by atoms with E-state index in [0.717, 1.165) is 54.2 Å². The number of hydrogen-bond donors (Lipinski definition) is 0. The number of halogens is 1. The summed E-state index contributed by atoms with van der Waals surface area (Å²) >= 11 is 0. The maximum absolute atomic E-state index is 14.8. The molecule has 0 bridgehead atoms. The molecule has 0 saturated heterocycles. The van der Waals surface area contributed by atoms with Crippen LogP contribution in [0.5, 0.6) is 0 Å². The monoisotopic (exact) mass is 476 g/mol. The van der Waals surface area contributed by atoms with E-state index in [1.54, 1.807) is 0 Å². The molecule has 4 aromatic carbocycles. The van der Waals surface area contributed by atoms with Crippen molar-refractivity contribution in [2.24, 2.45) is 0 Å². The molecule has 0 aromatic heterocycles. The number of rotatable bonds is 10. The van der Waals surface area contributed by atoms with Crippen molar-refractivity contribution in [3.8, 4) is 11.8 Å². The first-order chi connectivity index (χ1) is 17.7. The Kier molecular flexibility index (Phi) is 9.34. The molecule has 1 heteroatoms. The molecule has 184 valence electrons. The van der Waals surface area contributed by atoms with E-state index in [1.807, 2.05) is 30.3 Å². The van der Waals surface area contributed by atoms with Crippen molar-refractivity contribution in [3.63, 3.8) is 0 Å². The Morgan fingerprint density at radius 3 is 1.81 bits per heavy atom. The van der Waals surface area contributed by atoms with Gasteiger partial charge in [0.2, 0.25) is 0 Å². The lowest BCUT2D eigenvalue weighted by atomic mass is 10.00. The molecule has 0 saturated carbocycles. The maximum atomic E-state index is 14.8. The van der Waals surface area contributed by atoms with Gasteiger partial charge in [0.25, 0.3) is 0 Å². The SMILES string of the molecule is CCCCCc1ccc(CCc2ccc(C#Cc3ccc4c(F)c(CCCC)ccc4c3)cc2)cc1. The molecule has 0 aliphatic carbocycles. The van der Waals surface area contributed by atoms with Gasteiger partial charge in [0, 0.05) is 16.5 Å². The topological polar surface area (TPSA) is 0 Å². The van der Waals surface area contributed by atoms with Crippen molar-refractivity contribution in [1.82, 2.24) is 0 Å². The number of aryl methyl sites for hydroxylation is 4. The van der Waals surface area contributed by atoms with Crippen LogP contribution in [-0.2, 0) is 25.7 Å². The highest BCUT2D eigenvalue weighted by Crippen LogP contribution is 2.23. The summed E-state index contributed by atoms with van der Waals surface area (Å²) in [5.74, 6) is 6.43. The van der Waals surface area contributed by atoms with Gasteiger partial charge in [0.1, 0.15) is 5.82 Å². The molecule has 0 heterocycles. The van der Waals surface area contributed by atoms with Crippen LogP contribution in [0.25, 0.3) is 10.8 Å². The summed E-state index contributed by atoms with van der Waals surface area (Å²) in [4.78, 5) is 0. The van der Waals surface area contributed by atoms with E-state index in [-0.39, 0.29) is 5.82 Å². The molecule has 0 atom stereocenters. The summed E-state index contributed by atoms with van der Waals surface area (Å²) in [6.07, 6.45) is 10.0. The van der Waals surface area contributed by atoms with Gasteiger partial charge >= 0.3 is 0 Å². The van der Waals surface area contributed by atoms with E-state index in [1.165, 1.54) is 42.4 Å². The van der Waals surface area contributed by atoms with Gasteiger partial charge in [0.15, 0.2) is 0 Å². The minimum absolute atomic E-state index is 0.0843. The quantitative estimate of drug-likeness (QED) is 0.158. The standard InChI is InChI=1S/C35H37F/c1-3-5-7-8-27-10-12-28(13-11-27)14-15-29-16-18-30(19-17-29)20-21-31-22-25-34-33(26-31)24-23-32(35(34)36)9-6-4-2/h10-13,16-19,22-26H,3-9,14-15H2,1-2H3. The minimum atomic E-state index is -0.0843. The molecule has 0 aliphatic heterocycles. The zero-order valence-electron chi connectivity index (χ0n) is 21.7. The van der Waals surface area contributed by atoms with Gasteiger partial charge in [-0.25, -0.2) is 4.39 Å². The van der Waals surface area contributed by atoms with Gasteiger partial charge in [-0.15, -0.1) is 0 Å². The van der Waals surface area contributed by atoms with E-state index in [2.05, 4.69) is 74.2 Å². The largest absolute Gasteiger partial charge is 0.206 e. The zero-order valence-corrected chi connectivity index (χ0v) is 21.7. The van der Waals surface area contributed by atoms with Crippen LogP contribution in [0.15, 0.2) is 78.9 Å². The molecule has 0 nitrogen and oxygen atoms in total. The Morgan fingerprint density at radius 1 is 0.556 bits per heavy atom. The predicted octanol–water partition coefficient (Wildman–Crippen LogP) is 9.24. The van der Waals surface area contributed by atoms with Crippen LogP contribution in [-0.4, -0.2) is 0 Å². The molecule has 0 aliphatic rings. The zero-order chi connectivity index (χ0) is 25.2. The number of hydrogen-bond acceptors (Lipinski definition) is 0. The highest BCUT2D eigenvalue weighted by molar-refractivity contribution is 5.85. The van der Waals surface area contributed by atoms with Crippen LogP contribution >= 0.6 is 0 Å². The van der Waals surface area contributed by atoms with Gasteiger partial charge in [-0.05, 0) is 90.4 Å². The van der Waals surface area contributed by atoms with Crippen molar-refractivity contribution in [1.29, 1.82) is 0 Å². The lowest BCUT2D eigenvalue weighted by Crippen LogP contribution is -1.93. The van der Waals surface area contributed by atoms with Gasteiger partial charge in [0.05, 0.1) is 0 Å². The van der Waals surface area contributed by atoms with E-state index in [4.69, 9.17) is 0 Å². The molecule has 0 unspecified atom stereocenters. The van der Waals surface area contributed by atoms with E-state index >= 15 is 0 Å². The fourth-order valence-electron chi connectivity index (χ4n) is 4.61. The first kappa shape index (κ1) is 25.7. The molecule has 0 amide bonds. The molecular formula is C35H37F. The van der Waals surface area contributed by atoms with E-state index < -0.39 is 0 Å². The Hall–Kier alpha value is -3.37. The fourth-order valence-corrected chi connectivity index (χ4v) is 4.61. The van der Waals surface area contributed by atoms with Crippen molar-refractivity contribution >= 4 is 10.8 Å². The van der Waals surface area contributed by atoms with Crippen LogP contribution in [0, 0.1) is 17.7 Å². The molecule has 0 fully saturated rings. The minimum Gasteiger partial charge on any atom is -0.206 e. The van der Waals surface area contributed by atoms with Crippen LogP contribution < -0.4 is 0 Å². The van der Waals surface area contributed by atoms with Crippen molar-refractivity contribution < 1.29 is 4.39 Å². The summed E-state index contributed by atoms with van der Waals surface area (Å²) in [6.45, 7) is 4.38. The Balaban J connectivity index is 1.35. The van der Waals surface area contributed by atoms with Crippen LogP contribution in [0.3, 0.4) is 0 Å². The fraction of sp³-hybridized carbons (Fsp3) is 0.314. The third-order valence-corrected chi connectivity index (χ3v) is 6.93. The highest BCUT2D eigenvalue weighted by atomic mass is 19.1. The normalized spacial score (nSPS) is 10.9. The molecule has 4 aromatic rings. The average molecular weight is 477 g/mol. The van der Waals surface area contributed by atoms with Crippen molar-refractivity contribution in [2.45, 2.75) is 71.6 Å². The van der Waals surface area contributed by atoms with E-state index in [9.17, 15) is 4.39 Å². The molecule has 0 N–H and O–H groups in total. The van der Waals surface area contributed by atoms with Gasteiger partial charge in [-0.2, -0.15) is 0 Å². The smallest absolute Gasteiger partial charge is 0.134 e. The molecule has 4 rings (SSSR count). The van der Waals surface area contributed by atoms with Gasteiger partial charge in [-0.1, -0.05) is 99.5 Å². The number of benzene rings is 4. The van der Waals surface area contributed by atoms with Crippen molar-refractivity contribution in [3.05, 3.63) is 118 Å².